The van der Waals surface area contributed by atoms with Gasteiger partial charge in [0.15, 0.2) is 0 Å². The highest BCUT2D eigenvalue weighted by atomic mass is 16.5. The number of hydrogen-bond acceptors (Lipinski definition) is 4. The number of amides is 1. The first-order valence-electron chi connectivity index (χ1n) is 7.23. The quantitative estimate of drug-likeness (QED) is 0.887. The van der Waals surface area contributed by atoms with Gasteiger partial charge < -0.3 is 14.7 Å². The molecule has 23 heavy (non-hydrogen) atoms. The van der Waals surface area contributed by atoms with Gasteiger partial charge in [-0.2, -0.15) is 5.26 Å². The molecule has 0 bridgehead atoms. The molecule has 2 rings (SSSR count). The first-order valence-corrected chi connectivity index (χ1v) is 7.23. The average Bonchev–Trinajstić information content (AvgIpc) is 2.60. The highest BCUT2D eigenvalue weighted by Crippen LogP contribution is 2.17. The molecule has 0 aliphatic rings. The number of nitriles is 1. The number of carbonyl (C=O) groups is 1. The van der Waals surface area contributed by atoms with Gasteiger partial charge in [-0.05, 0) is 24.3 Å². The Morgan fingerprint density at radius 2 is 2.04 bits per heavy atom. The summed E-state index contributed by atoms with van der Waals surface area (Å²) in [6.07, 6.45) is 0. The molecule has 5 heteroatoms. The summed E-state index contributed by atoms with van der Waals surface area (Å²) < 4.78 is 5.69. The fourth-order valence-electron chi connectivity index (χ4n) is 2.11. The number of nitrogens with zero attached hydrogens (tertiary/aromatic N) is 2. The fourth-order valence-corrected chi connectivity index (χ4v) is 2.11. The van der Waals surface area contributed by atoms with E-state index in [4.69, 9.17) is 15.1 Å². The van der Waals surface area contributed by atoms with E-state index < -0.39 is 0 Å². The second kappa shape index (κ2) is 7.97. The minimum absolute atomic E-state index is 0.0800. The topological polar surface area (TPSA) is 73.6 Å². The van der Waals surface area contributed by atoms with E-state index >= 15 is 0 Å². The largest absolute Gasteiger partial charge is 0.489 e. The summed E-state index contributed by atoms with van der Waals surface area (Å²) in [5.41, 5.74) is 1.86. The van der Waals surface area contributed by atoms with Gasteiger partial charge in [0.1, 0.15) is 12.4 Å². The summed E-state index contributed by atoms with van der Waals surface area (Å²) in [6.45, 7) is 0.455. The van der Waals surface area contributed by atoms with Crippen molar-refractivity contribution in [3.05, 3.63) is 65.2 Å². The van der Waals surface area contributed by atoms with Crippen molar-refractivity contribution in [1.29, 1.82) is 5.26 Å². The lowest BCUT2D eigenvalue weighted by atomic mass is 10.1. The van der Waals surface area contributed by atoms with Crippen molar-refractivity contribution in [2.75, 3.05) is 20.2 Å². The van der Waals surface area contributed by atoms with Gasteiger partial charge in [-0.3, -0.25) is 4.79 Å². The zero-order valence-corrected chi connectivity index (χ0v) is 12.9. The van der Waals surface area contributed by atoms with Gasteiger partial charge in [0.05, 0.1) is 18.2 Å². The molecular formula is C18H18N2O3. The van der Waals surface area contributed by atoms with Crippen LogP contribution in [0.1, 0.15) is 21.5 Å². The van der Waals surface area contributed by atoms with Crippen molar-refractivity contribution in [3.8, 4) is 11.8 Å². The summed E-state index contributed by atoms with van der Waals surface area (Å²) in [7, 11) is 1.63. The van der Waals surface area contributed by atoms with Gasteiger partial charge in [0.25, 0.3) is 5.91 Å². The highest BCUT2D eigenvalue weighted by Gasteiger charge is 2.12. The molecule has 1 amide bonds. The summed E-state index contributed by atoms with van der Waals surface area (Å²) in [5.74, 6) is 0.378. The van der Waals surface area contributed by atoms with E-state index in [1.165, 1.54) is 4.90 Å². The molecule has 0 atom stereocenters. The Hall–Kier alpha value is -2.84. The van der Waals surface area contributed by atoms with Gasteiger partial charge >= 0.3 is 0 Å². The van der Waals surface area contributed by atoms with Crippen LogP contribution in [-0.2, 0) is 6.61 Å². The maximum absolute atomic E-state index is 12.2. The Morgan fingerprint density at radius 3 is 2.78 bits per heavy atom. The van der Waals surface area contributed by atoms with Crippen LogP contribution >= 0.6 is 0 Å². The number of aliphatic hydroxyl groups excluding tert-OH is 1. The zero-order valence-electron chi connectivity index (χ0n) is 12.9. The molecule has 0 heterocycles. The molecule has 0 fully saturated rings. The summed E-state index contributed by atoms with van der Waals surface area (Å²) in [5, 5.41) is 18.0. The van der Waals surface area contributed by atoms with E-state index in [1.54, 1.807) is 43.4 Å². The van der Waals surface area contributed by atoms with Crippen LogP contribution in [0.5, 0.6) is 5.75 Å². The Bertz CT molecular complexity index is 722. The van der Waals surface area contributed by atoms with E-state index in [-0.39, 0.29) is 25.7 Å². The Kier molecular flexibility index (Phi) is 5.73. The predicted molar refractivity (Wildman–Crippen MR) is 86.0 cm³/mol. The van der Waals surface area contributed by atoms with Crippen molar-refractivity contribution < 1.29 is 14.6 Å². The van der Waals surface area contributed by atoms with Gasteiger partial charge in [0, 0.05) is 24.7 Å². The third kappa shape index (κ3) is 4.31. The van der Waals surface area contributed by atoms with E-state index in [2.05, 4.69) is 6.07 Å². The number of aliphatic hydroxyl groups is 1. The maximum atomic E-state index is 12.2. The highest BCUT2D eigenvalue weighted by molar-refractivity contribution is 5.94. The Morgan fingerprint density at radius 1 is 1.26 bits per heavy atom. The summed E-state index contributed by atoms with van der Waals surface area (Å²) >= 11 is 0. The van der Waals surface area contributed by atoms with Crippen molar-refractivity contribution >= 4 is 5.91 Å². The third-order valence-corrected chi connectivity index (χ3v) is 3.40. The van der Waals surface area contributed by atoms with Gasteiger partial charge in [0.2, 0.25) is 0 Å². The molecule has 5 nitrogen and oxygen atoms in total. The molecule has 0 saturated carbocycles. The molecule has 118 valence electrons. The van der Waals surface area contributed by atoms with E-state index in [0.717, 1.165) is 5.56 Å². The first-order chi connectivity index (χ1) is 11.2. The third-order valence-electron chi connectivity index (χ3n) is 3.40. The molecule has 2 aromatic carbocycles. The molecule has 2 aromatic rings. The van der Waals surface area contributed by atoms with Crippen molar-refractivity contribution in [3.63, 3.8) is 0 Å². The number of hydrogen-bond donors (Lipinski definition) is 1. The zero-order chi connectivity index (χ0) is 16.7. The summed E-state index contributed by atoms with van der Waals surface area (Å²) in [6, 6.07) is 16.2. The van der Waals surface area contributed by atoms with Crippen LogP contribution in [0.3, 0.4) is 0 Å². The second-order valence-electron chi connectivity index (χ2n) is 5.04. The Labute approximate surface area is 135 Å². The van der Waals surface area contributed by atoms with Crippen molar-refractivity contribution in [1.82, 2.24) is 4.90 Å². The van der Waals surface area contributed by atoms with Gasteiger partial charge in [-0.25, -0.2) is 0 Å². The molecule has 0 saturated heterocycles. The fraction of sp³-hybridized carbons (Fsp3) is 0.222. The van der Waals surface area contributed by atoms with Gasteiger partial charge in [-0.15, -0.1) is 0 Å². The van der Waals surface area contributed by atoms with Crippen LogP contribution < -0.4 is 4.74 Å². The summed E-state index contributed by atoms with van der Waals surface area (Å²) in [4.78, 5) is 13.6. The SMILES string of the molecule is CN(CCO)C(=O)c1cccc(OCc2ccccc2C#N)c1. The molecule has 0 unspecified atom stereocenters. The van der Waals surface area contributed by atoms with Crippen LogP contribution in [0.15, 0.2) is 48.5 Å². The first kappa shape index (κ1) is 16.5. The number of benzene rings is 2. The maximum Gasteiger partial charge on any atom is 0.253 e. The number of ether oxygens (including phenoxy) is 1. The van der Waals surface area contributed by atoms with Crippen molar-refractivity contribution in [2.24, 2.45) is 0 Å². The number of likely N-dealkylation sites (N-methyl/N-ethyl adjacent to an activating group) is 1. The minimum Gasteiger partial charge on any atom is -0.489 e. The van der Waals surface area contributed by atoms with Crippen LogP contribution in [0, 0.1) is 11.3 Å². The second-order valence-corrected chi connectivity index (χ2v) is 5.04. The Balaban J connectivity index is 2.09. The normalized spacial score (nSPS) is 9.96. The lowest BCUT2D eigenvalue weighted by Gasteiger charge is -2.16. The standard InChI is InChI=1S/C18H18N2O3/c1-20(9-10-21)18(22)14-7-4-8-17(11-14)23-13-16-6-3-2-5-15(16)12-19/h2-8,11,21H,9-10,13H2,1H3. The molecule has 0 aliphatic heterocycles. The van der Waals surface area contributed by atoms with E-state index in [1.807, 2.05) is 12.1 Å². The van der Waals surface area contributed by atoms with Gasteiger partial charge in [-0.1, -0.05) is 24.3 Å². The van der Waals surface area contributed by atoms with Crippen LogP contribution in [-0.4, -0.2) is 36.1 Å². The monoisotopic (exact) mass is 310 g/mol. The number of carbonyl (C=O) groups excluding carboxylic acids is 1. The van der Waals surface area contributed by atoms with Crippen LogP contribution in [0.25, 0.3) is 0 Å². The predicted octanol–water partition coefficient (Wildman–Crippen LogP) is 2.20. The van der Waals surface area contributed by atoms with E-state index in [9.17, 15) is 4.79 Å². The van der Waals surface area contributed by atoms with E-state index in [0.29, 0.717) is 16.9 Å². The van der Waals surface area contributed by atoms with Crippen LogP contribution in [0.4, 0.5) is 0 Å². The van der Waals surface area contributed by atoms with Crippen molar-refractivity contribution in [2.45, 2.75) is 6.61 Å². The molecular weight excluding hydrogens is 292 g/mol. The average molecular weight is 310 g/mol. The molecule has 0 aromatic heterocycles. The lowest BCUT2D eigenvalue weighted by molar-refractivity contribution is 0.0766. The molecule has 0 spiro atoms. The van der Waals surface area contributed by atoms with Crippen LogP contribution in [0.2, 0.25) is 0 Å². The minimum atomic E-state index is -0.179. The smallest absolute Gasteiger partial charge is 0.253 e. The number of rotatable bonds is 6. The lowest BCUT2D eigenvalue weighted by Crippen LogP contribution is -2.29. The molecule has 0 radical (unpaired) electrons. The molecule has 1 N–H and O–H groups in total. The molecule has 0 aliphatic carbocycles.